The fraction of sp³-hybridized carbons (Fsp3) is 0.462. The maximum absolute atomic E-state index is 11.9. The molecule has 1 aromatic heterocycles. The Morgan fingerprint density at radius 2 is 1.96 bits per heavy atom. The molecule has 0 spiro atoms. The number of hydrogen-bond acceptors (Lipinski definition) is 3. The quantitative estimate of drug-likeness (QED) is 0.385. The second kappa shape index (κ2) is 9.08. The fourth-order valence-corrected chi connectivity index (χ4v) is 2.19. The van der Waals surface area contributed by atoms with Gasteiger partial charge in [-0.3, -0.25) is 4.79 Å². The lowest BCUT2D eigenvalue weighted by atomic mass is 10.1. The van der Waals surface area contributed by atoms with Gasteiger partial charge in [-0.2, -0.15) is 0 Å². The Kier molecular flexibility index (Phi) is 8.10. The van der Waals surface area contributed by atoms with Crippen molar-refractivity contribution < 1.29 is 4.79 Å². The molecule has 1 atom stereocenters. The minimum Gasteiger partial charge on any atom is -0.339 e. The number of aromatic nitrogens is 1. The van der Waals surface area contributed by atoms with Gasteiger partial charge in [-0.1, -0.05) is 60.3 Å². The van der Waals surface area contributed by atoms with E-state index in [0.717, 1.165) is 0 Å². The zero-order valence-electron chi connectivity index (χ0n) is 12.4. The summed E-state index contributed by atoms with van der Waals surface area (Å²) in [6, 6.07) is 3.29. The van der Waals surface area contributed by atoms with E-state index >= 15 is 0 Å². The van der Waals surface area contributed by atoms with E-state index in [1.54, 1.807) is 12.1 Å². The number of pyridine rings is 1. The molecule has 1 heterocycles. The first kappa shape index (κ1) is 20.5. The van der Waals surface area contributed by atoms with Gasteiger partial charge in [0.15, 0.2) is 5.11 Å². The van der Waals surface area contributed by atoms with Crippen LogP contribution in [0.1, 0.15) is 20.3 Å². The third-order valence-electron chi connectivity index (χ3n) is 2.47. The Bertz CT molecular complexity index is 548. The number of nitrogens with zero attached hydrogens (tertiary/aromatic N) is 1. The monoisotopic (exact) mass is 416 g/mol. The molecule has 0 bridgehead atoms. The first-order chi connectivity index (χ1) is 10.6. The van der Waals surface area contributed by atoms with E-state index in [1.807, 2.05) is 13.8 Å². The number of halogens is 4. The summed E-state index contributed by atoms with van der Waals surface area (Å²) in [5.41, 5.74) is 0. The Hall–Kier alpha value is -0.530. The SMILES string of the molecule is CC(C)CC(=O)N[C@@H](NC(=S)Nc1ccc(Cl)cn1)C(Cl)(Cl)Cl. The highest BCUT2D eigenvalue weighted by Crippen LogP contribution is 2.29. The molecule has 1 aromatic rings. The van der Waals surface area contributed by atoms with Crippen LogP contribution in [0.2, 0.25) is 5.02 Å². The average molecular weight is 418 g/mol. The van der Waals surface area contributed by atoms with E-state index in [2.05, 4.69) is 20.9 Å². The predicted molar refractivity (Wildman–Crippen MR) is 100 cm³/mol. The van der Waals surface area contributed by atoms with Crippen LogP contribution in [0.25, 0.3) is 0 Å². The second-order valence-electron chi connectivity index (χ2n) is 5.10. The maximum atomic E-state index is 11.9. The van der Waals surface area contributed by atoms with Crippen LogP contribution in [-0.2, 0) is 4.79 Å². The molecule has 0 aliphatic heterocycles. The molecule has 0 saturated carbocycles. The Balaban J connectivity index is 2.67. The van der Waals surface area contributed by atoms with Gasteiger partial charge in [-0.15, -0.1) is 0 Å². The van der Waals surface area contributed by atoms with E-state index < -0.39 is 9.96 Å². The van der Waals surface area contributed by atoms with Crippen LogP contribution in [0.3, 0.4) is 0 Å². The van der Waals surface area contributed by atoms with Crippen LogP contribution in [0.15, 0.2) is 18.3 Å². The van der Waals surface area contributed by atoms with Gasteiger partial charge in [-0.05, 0) is 30.3 Å². The van der Waals surface area contributed by atoms with Crippen LogP contribution in [-0.4, -0.2) is 26.0 Å². The Morgan fingerprint density at radius 1 is 1.30 bits per heavy atom. The van der Waals surface area contributed by atoms with Gasteiger partial charge in [0.1, 0.15) is 12.0 Å². The summed E-state index contributed by atoms with van der Waals surface area (Å²) < 4.78 is -1.79. The van der Waals surface area contributed by atoms with Crippen LogP contribution >= 0.6 is 58.6 Å². The first-order valence-corrected chi connectivity index (χ1v) is 8.55. The van der Waals surface area contributed by atoms with Crippen molar-refractivity contribution in [3.63, 3.8) is 0 Å². The van der Waals surface area contributed by atoms with E-state index in [0.29, 0.717) is 17.3 Å². The molecule has 0 unspecified atom stereocenters. The number of carbonyl (C=O) groups is 1. The minimum absolute atomic E-state index is 0.140. The van der Waals surface area contributed by atoms with Crippen LogP contribution in [0, 0.1) is 5.92 Å². The highest BCUT2D eigenvalue weighted by atomic mass is 35.6. The number of carbonyl (C=O) groups excluding carboxylic acids is 1. The van der Waals surface area contributed by atoms with Crippen LogP contribution < -0.4 is 16.0 Å². The number of hydrogen-bond donors (Lipinski definition) is 3. The van der Waals surface area contributed by atoms with Gasteiger partial charge in [0, 0.05) is 12.6 Å². The molecule has 1 rings (SSSR count). The highest BCUT2D eigenvalue weighted by molar-refractivity contribution is 7.80. The highest BCUT2D eigenvalue weighted by Gasteiger charge is 2.34. The molecule has 0 aliphatic carbocycles. The number of amides is 1. The van der Waals surface area contributed by atoms with Gasteiger partial charge in [0.25, 0.3) is 0 Å². The first-order valence-electron chi connectivity index (χ1n) is 6.63. The van der Waals surface area contributed by atoms with E-state index in [-0.39, 0.29) is 16.9 Å². The zero-order chi connectivity index (χ0) is 17.6. The predicted octanol–water partition coefficient (Wildman–Crippen LogP) is 3.88. The molecule has 0 saturated heterocycles. The average Bonchev–Trinajstić information content (AvgIpc) is 2.38. The summed E-state index contributed by atoms with van der Waals surface area (Å²) in [7, 11) is 0. The van der Waals surface area contributed by atoms with Crippen molar-refractivity contribution >= 4 is 75.5 Å². The molecule has 0 radical (unpaired) electrons. The molecule has 23 heavy (non-hydrogen) atoms. The number of alkyl halides is 3. The molecule has 0 fully saturated rings. The lowest BCUT2D eigenvalue weighted by Crippen LogP contribution is -2.56. The summed E-state index contributed by atoms with van der Waals surface area (Å²) in [4.78, 5) is 15.9. The third-order valence-corrected chi connectivity index (χ3v) is 3.57. The van der Waals surface area contributed by atoms with E-state index in [4.69, 9.17) is 58.6 Å². The van der Waals surface area contributed by atoms with Crippen molar-refractivity contribution in [3.8, 4) is 0 Å². The topological polar surface area (TPSA) is 66.1 Å². The molecule has 10 heteroatoms. The van der Waals surface area contributed by atoms with Crippen molar-refractivity contribution in [1.82, 2.24) is 15.6 Å². The number of rotatable bonds is 5. The second-order valence-corrected chi connectivity index (χ2v) is 8.31. The molecular formula is C13H16Cl4N4OS. The maximum Gasteiger partial charge on any atom is 0.228 e. The number of thiocarbonyl (C=S) groups is 1. The zero-order valence-corrected chi connectivity index (χ0v) is 16.2. The van der Waals surface area contributed by atoms with Crippen molar-refractivity contribution in [2.75, 3.05) is 5.32 Å². The smallest absolute Gasteiger partial charge is 0.228 e. The molecular weight excluding hydrogens is 402 g/mol. The molecule has 0 aliphatic rings. The summed E-state index contributed by atoms with van der Waals surface area (Å²) >= 11 is 28.5. The molecule has 128 valence electrons. The van der Waals surface area contributed by atoms with E-state index in [1.165, 1.54) is 6.20 Å². The van der Waals surface area contributed by atoms with Gasteiger partial charge in [-0.25, -0.2) is 4.98 Å². The largest absolute Gasteiger partial charge is 0.339 e. The van der Waals surface area contributed by atoms with Crippen LogP contribution in [0.4, 0.5) is 5.82 Å². The lowest BCUT2D eigenvalue weighted by Gasteiger charge is -2.28. The summed E-state index contributed by atoms with van der Waals surface area (Å²) in [5.74, 6) is 0.383. The normalized spacial score (nSPS) is 12.7. The van der Waals surface area contributed by atoms with Gasteiger partial charge >= 0.3 is 0 Å². The van der Waals surface area contributed by atoms with E-state index in [9.17, 15) is 4.79 Å². The molecule has 3 N–H and O–H groups in total. The Morgan fingerprint density at radius 3 is 2.43 bits per heavy atom. The lowest BCUT2D eigenvalue weighted by molar-refractivity contribution is -0.122. The van der Waals surface area contributed by atoms with Crippen molar-refractivity contribution in [2.24, 2.45) is 5.92 Å². The molecule has 0 aromatic carbocycles. The summed E-state index contributed by atoms with van der Waals surface area (Å²) in [5, 5.41) is 8.79. The van der Waals surface area contributed by atoms with Gasteiger partial charge in [0.05, 0.1) is 5.02 Å². The van der Waals surface area contributed by atoms with Crippen molar-refractivity contribution in [2.45, 2.75) is 30.2 Å². The van der Waals surface area contributed by atoms with Gasteiger partial charge in [0.2, 0.25) is 9.70 Å². The van der Waals surface area contributed by atoms with Crippen molar-refractivity contribution in [3.05, 3.63) is 23.4 Å². The standard InChI is InChI=1S/C13H16Cl4N4OS/c1-7(2)5-10(22)20-11(13(15,16)17)21-12(23)19-9-4-3-8(14)6-18-9/h3-4,6-7,11H,5H2,1-2H3,(H,20,22)(H2,18,19,21,23)/t11-/m0/s1. The van der Waals surface area contributed by atoms with Gasteiger partial charge < -0.3 is 16.0 Å². The third kappa shape index (κ3) is 8.22. The number of nitrogens with one attached hydrogen (secondary N) is 3. The molecule has 5 nitrogen and oxygen atoms in total. The van der Waals surface area contributed by atoms with Crippen molar-refractivity contribution in [1.29, 1.82) is 0 Å². The fourth-order valence-electron chi connectivity index (χ4n) is 1.52. The molecule has 1 amide bonds. The Labute approximate surface area is 160 Å². The summed E-state index contributed by atoms with van der Waals surface area (Å²) in [6.45, 7) is 3.82. The van der Waals surface area contributed by atoms with Crippen LogP contribution in [0.5, 0.6) is 0 Å². The minimum atomic E-state index is -1.79. The number of anilines is 1. The summed E-state index contributed by atoms with van der Waals surface area (Å²) in [6.07, 6.45) is 0.771.